The summed E-state index contributed by atoms with van der Waals surface area (Å²) in [4.78, 5) is 29.5. The van der Waals surface area contributed by atoms with Crippen LogP contribution in [0.5, 0.6) is 11.5 Å². The summed E-state index contributed by atoms with van der Waals surface area (Å²) in [6, 6.07) is 3.33. The zero-order chi connectivity index (χ0) is 24.1. The van der Waals surface area contributed by atoms with E-state index in [9.17, 15) is 19.8 Å². The van der Waals surface area contributed by atoms with Gasteiger partial charge in [0.1, 0.15) is 17.7 Å². The molecular formula is C28H35N2O5+. The second-order valence-corrected chi connectivity index (χ2v) is 11.8. The molecule has 7 nitrogen and oxygen atoms in total. The summed E-state index contributed by atoms with van der Waals surface area (Å²) in [6.45, 7) is 4.10. The summed E-state index contributed by atoms with van der Waals surface area (Å²) >= 11 is 0. The Balaban J connectivity index is 1.33. The molecule has 3 heterocycles. The van der Waals surface area contributed by atoms with E-state index in [1.807, 2.05) is 12.1 Å². The number of aliphatic hydroxyl groups is 1. The Kier molecular flexibility index (Phi) is 4.58. The first-order chi connectivity index (χ1) is 16.9. The Bertz CT molecular complexity index is 1160. The fourth-order valence-corrected chi connectivity index (χ4v) is 8.35. The van der Waals surface area contributed by atoms with Crippen LogP contribution in [0.3, 0.4) is 0 Å². The van der Waals surface area contributed by atoms with Gasteiger partial charge in [-0.05, 0) is 43.7 Å². The first kappa shape index (κ1) is 21.9. The second kappa shape index (κ2) is 7.32. The number of aromatic hydroxyl groups is 1. The highest BCUT2D eigenvalue weighted by molar-refractivity contribution is 6.13. The minimum absolute atomic E-state index is 0.0666. The predicted molar refractivity (Wildman–Crippen MR) is 127 cm³/mol. The molecule has 6 atom stereocenters. The highest BCUT2D eigenvalue weighted by Crippen LogP contribution is 2.64. The number of allylic oxidation sites excluding steroid dienone is 1. The van der Waals surface area contributed by atoms with Crippen LogP contribution in [0.2, 0.25) is 0 Å². The number of nitrogens with zero attached hydrogens (tertiary/aromatic N) is 1. The average molecular weight is 480 g/mol. The maximum Gasteiger partial charge on any atom is 0.256 e. The lowest BCUT2D eigenvalue weighted by molar-refractivity contribution is -0.944. The van der Waals surface area contributed by atoms with Crippen LogP contribution < -0.4 is 9.64 Å². The number of piperidine rings is 1. The van der Waals surface area contributed by atoms with E-state index in [2.05, 4.69) is 6.92 Å². The van der Waals surface area contributed by atoms with Crippen molar-refractivity contribution in [2.45, 2.75) is 93.9 Å². The molecule has 6 aliphatic rings. The summed E-state index contributed by atoms with van der Waals surface area (Å²) in [6.07, 6.45) is 8.37. The Hall–Kier alpha value is -2.38. The SMILES string of the molecule is CCCC=C1CC(=O)N(C2CCC3(O)C4Cc5ccc(O)c6c5C3(CC[NH+]4CC3CC3)C2O6)C1=O. The van der Waals surface area contributed by atoms with Crippen molar-refractivity contribution in [1.29, 1.82) is 0 Å². The molecule has 186 valence electrons. The van der Waals surface area contributed by atoms with Gasteiger partial charge in [-0.2, -0.15) is 0 Å². The maximum absolute atomic E-state index is 13.4. The lowest BCUT2D eigenvalue weighted by atomic mass is 9.48. The summed E-state index contributed by atoms with van der Waals surface area (Å²) in [5, 5.41) is 23.4. The van der Waals surface area contributed by atoms with E-state index in [1.54, 1.807) is 6.07 Å². The van der Waals surface area contributed by atoms with Crippen molar-refractivity contribution in [2.24, 2.45) is 5.92 Å². The lowest BCUT2D eigenvalue weighted by Crippen LogP contribution is -3.21. The molecular weight excluding hydrogens is 444 g/mol. The molecule has 1 spiro atoms. The zero-order valence-electron chi connectivity index (χ0n) is 20.4. The number of phenols is 1. The van der Waals surface area contributed by atoms with Gasteiger partial charge in [0.15, 0.2) is 11.5 Å². The fourth-order valence-electron chi connectivity index (χ4n) is 8.35. The molecule has 4 fully saturated rings. The van der Waals surface area contributed by atoms with E-state index in [0.29, 0.717) is 24.2 Å². The first-order valence-corrected chi connectivity index (χ1v) is 13.5. The number of quaternary nitrogens is 1. The number of likely N-dealkylation sites (tertiary alicyclic amines) is 2. The van der Waals surface area contributed by atoms with Crippen LogP contribution >= 0.6 is 0 Å². The van der Waals surface area contributed by atoms with Crippen LogP contribution in [-0.4, -0.2) is 63.8 Å². The lowest BCUT2D eigenvalue weighted by Gasteiger charge is -2.62. The van der Waals surface area contributed by atoms with Crippen LogP contribution in [0.1, 0.15) is 69.4 Å². The van der Waals surface area contributed by atoms with Gasteiger partial charge in [0, 0.05) is 29.9 Å². The third kappa shape index (κ3) is 2.74. The van der Waals surface area contributed by atoms with Crippen molar-refractivity contribution < 1.29 is 29.4 Å². The van der Waals surface area contributed by atoms with E-state index >= 15 is 0 Å². The normalized spacial score (nSPS) is 40.3. The number of amides is 2. The minimum Gasteiger partial charge on any atom is -0.504 e. The van der Waals surface area contributed by atoms with E-state index in [-0.39, 0.29) is 30.0 Å². The summed E-state index contributed by atoms with van der Waals surface area (Å²) in [5.74, 6) is 0.936. The summed E-state index contributed by atoms with van der Waals surface area (Å²) in [5.41, 5.74) is 0.990. The zero-order valence-corrected chi connectivity index (χ0v) is 20.4. The van der Waals surface area contributed by atoms with Crippen molar-refractivity contribution in [1.82, 2.24) is 4.90 Å². The molecule has 3 N–H and O–H groups in total. The number of imide groups is 1. The number of nitrogens with one attached hydrogen (secondary N) is 1. The molecule has 35 heavy (non-hydrogen) atoms. The maximum atomic E-state index is 13.4. The molecule has 2 amide bonds. The van der Waals surface area contributed by atoms with Crippen molar-refractivity contribution in [3.63, 3.8) is 0 Å². The first-order valence-electron chi connectivity index (χ1n) is 13.5. The van der Waals surface area contributed by atoms with Gasteiger partial charge < -0.3 is 19.8 Å². The highest BCUT2D eigenvalue weighted by atomic mass is 16.5. The second-order valence-electron chi connectivity index (χ2n) is 11.8. The molecule has 3 aliphatic heterocycles. The molecule has 1 aromatic carbocycles. The van der Waals surface area contributed by atoms with Crippen molar-refractivity contribution in [2.75, 3.05) is 13.1 Å². The van der Waals surface area contributed by atoms with Gasteiger partial charge in [-0.15, -0.1) is 0 Å². The summed E-state index contributed by atoms with van der Waals surface area (Å²) in [7, 11) is 0. The van der Waals surface area contributed by atoms with Crippen molar-refractivity contribution in [3.05, 3.63) is 34.9 Å². The topological polar surface area (TPSA) is 91.5 Å². The number of ether oxygens (including phenoxy) is 1. The predicted octanol–water partition coefficient (Wildman–Crippen LogP) is 1.39. The van der Waals surface area contributed by atoms with Gasteiger partial charge >= 0.3 is 0 Å². The van der Waals surface area contributed by atoms with Gasteiger partial charge in [0.05, 0.1) is 31.0 Å². The molecule has 0 aromatic heterocycles. The van der Waals surface area contributed by atoms with Gasteiger partial charge in [-0.3, -0.25) is 14.5 Å². The van der Waals surface area contributed by atoms with E-state index in [1.165, 1.54) is 22.6 Å². The molecule has 7 heteroatoms. The van der Waals surface area contributed by atoms with Crippen LogP contribution in [0.15, 0.2) is 23.8 Å². The molecule has 2 saturated carbocycles. The number of rotatable bonds is 5. The van der Waals surface area contributed by atoms with Crippen LogP contribution in [0.4, 0.5) is 0 Å². The van der Waals surface area contributed by atoms with Crippen molar-refractivity contribution >= 4 is 11.8 Å². The van der Waals surface area contributed by atoms with Gasteiger partial charge in [-0.25, -0.2) is 0 Å². The molecule has 2 saturated heterocycles. The Morgan fingerprint density at radius 3 is 2.83 bits per heavy atom. The van der Waals surface area contributed by atoms with Crippen LogP contribution in [0, 0.1) is 5.92 Å². The van der Waals surface area contributed by atoms with E-state index < -0.39 is 23.2 Å². The smallest absolute Gasteiger partial charge is 0.256 e. The molecule has 2 bridgehead atoms. The number of unbranched alkanes of at least 4 members (excludes halogenated alkanes) is 1. The van der Waals surface area contributed by atoms with E-state index in [0.717, 1.165) is 55.8 Å². The largest absolute Gasteiger partial charge is 0.504 e. The minimum atomic E-state index is -0.977. The number of carbonyl (C=O) groups excluding carboxylic acids is 2. The molecule has 1 aromatic rings. The van der Waals surface area contributed by atoms with Gasteiger partial charge in [0.25, 0.3) is 5.91 Å². The number of benzene rings is 1. The van der Waals surface area contributed by atoms with Gasteiger partial charge in [-0.1, -0.05) is 25.5 Å². The standard InChI is InChI=1S/C28H34N2O5/c1-2-3-4-18-14-22(32)30(26(18)33)19-9-10-28(34)21-13-17-7-8-20(31)24-23(17)27(28,25(19)35-24)11-12-29(21)15-16-5-6-16/h4,7-8,16,19,21,25,31,34H,2-3,5-6,9-15H2,1H3/p+1. The molecule has 6 unspecified atom stereocenters. The highest BCUT2D eigenvalue weighted by Gasteiger charge is 2.75. The number of phenolic OH excluding ortho intramolecular Hbond substituents is 1. The number of carbonyl (C=O) groups is 2. The third-order valence-electron chi connectivity index (χ3n) is 10.0. The summed E-state index contributed by atoms with van der Waals surface area (Å²) < 4.78 is 6.56. The molecule has 3 aliphatic carbocycles. The van der Waals surface area contributed by atoms with Crippen LogP contribution in [-0.2, 0) is 21.4 Å². The third-order valence-corrected chi connectivity index (χ3v) is 10.0. The molecule has 7 rings (SSSR count). The number of hydrogen-bond acceptors (Lipinski definition) is 5. The van der Waals surface area contributed by atoms with Crippen molar-refractivity contribution in [3.8, 4) is 11.5 Å². The number of hydrogen-bond donors (Lipinski definition) is 3. The monoisotopic (exact) mass is 479 g/mol. The van der Waals surface area contributed by atoms with Crippen LogP contribution in [0.25, 0.3) is 0 Å². The Morgan fingerprint density at radius 2 is 2.06 bits per heavy atom. The Morgan fingerprint density at radius 1 is 1.23 bits per heavy atom. The average Bonchev–Trinajstić information content (AvgIpc) is 3.51. The molecule has 0 radical (unpaired) electrons. The van der Waals surface area contributed by atoms with Gasteiger partial charge in [0.2, 0.25) is 5.91 Å². The van der Waals surface area contributed by atoms with E-state index in [4.69, 9.17) is 4.74 Å². The quantitative estimate of drug-likeness (QED) is 0.439. The fraction of sp³-hybridized carbons (Fsp3) is 0.643. The Labute approximate surface area is 205 Å².